The summed E-state index contributed by atoms with van der Waals surface area (Å²) in [7, 11) is 0. The number of aromatic nitrogens is 3. The molecule has 0 saturated heterocycles. The van der Waals surface area contributed by atoms with E-state index in [0.717, 1.165) is 6.42 Å². The molecule has 7 heteroatoms. The molecule has 3 N–H and O–H groups in total. The lowest BCUT2D eigenvalue weighted by atomic mass is 9.74. The number of carbonyl (C=O) groups is 2. The number of carboxylic acids is 1. The van der Waals surface area contributed by atoms with Gasteiger partial charge in [-0.15, -0.1) is 5.10 Å². The number of nitrogens with zero attached hydrogens (tertiary/aromatic N) is 2. The van der Waals surface area contributed by atoms with Crippen LogP contribution in [0.5, 0.6) is 0 Å². The summed E-state index contributed by atoms with van der Waals surface area (Å²) in [6.07, 6.45) is 2.93. The van der Waals surface area contributed by atoms with Crippen molar-refractivity contribution in [2.24, 2.45) is 0 Å². The van der Waals surface area contributed by atoms with Crippen LogP contribution in [0, 0.1) is 0 Å². The fourth-order valence-corrected chi connectivity index (χ4v) is 2.09. The van der Waals surface area contributed by atoms with Gasteiger partial charge in [-0.2, -0.15) is 0 Å². The molecule has 1 aliphatic carbocycles. The molecule has 1 aromatic heterocycles. The molecule has 18 heavy (non-hydrogen) atoms. The summed E-state index contributed by atoms with van der Waals surface area (Å²) in [6, 6.07) is 0. The first-order valence-corrected chi connectivity index (χ1v) is 6.00. The Labute approximate surface area is 104 Å². The number of hydrogen-bond donors (Lipinski definition) is 3. The number of H-pyrrole nitrogens is 1. The maximum absolute atomic E-state index is 11.9. The summed E-state index contributed by atoms with van der Waals surface area (Å²) >= 11 is 0. The van der Waals surface area contributed by atoms with Gasteiger partial charge in [-0.05, 0) is 19.3 Å². The number of aryl methyl sites for hydroxylation is 1. The highest BCUT2D eigenvalue weighted by Gasteiger charge is 2.41. The van der Waals surface area contributed by atoms with Crippen LogP contribution in [-0.2, 0) is 11.2 Å². The van der Waals surface area contributed by atoms with Crippen molar-refractivity contribution in [2.45, 2.75) is 44.6 Å². The van der Waals surface area contributed by atoms with Crippen LogP contribution in [0.15, 0.2) is 0 Å². The molecule has 1 heterocycles. The van der Waals surface area contributed by atoms with Crippen molar-refractivity contribution < 1.29 is 14.7 Å². The van der Waals surface area contributed by atoms with Crippen LogP contribution in [0.4, 0.5) is 0 Å². The van der Waals surface area contributed by atoms with Gasteiger partial charge in [0.15, 0.2) is 0 Å². The summed E-state index contributed by atoms with van der Waals surface area (Å²) in [6.45, 7) is 1.90. The van der Waals surface area contributed by atoms with E-state index < -0.39 is 17.4 Å². The second kappa shape index (κ2) is 4.75. The quantitative estimate of drug-likeness (QED) is 0.707. The molecule has 1 fully saturated rings. The second-order valence-electron chi connectivity index (χ2n) is 4.62. The van der Waals surface area contributed by atoms with E-state index in [9.17, 15) is 9.59 Å². The molecule has 0 atom stereocenters. The van der Waals surface area contributed by atoms with E-state index in [-0.39, 0.29) is 12.2 Å². The van der Waals surface area contributed by atoms with Crippen LogP contribution in [-0.4, -0.2) is 37.7 Å². The minimum absolute atomic E-state index is 0.0518. The average Bonchev–Trinajstić information content (AvgIpc) is 2.73. The monoisotopic (exact) mass is 252 g/mol. The molecule has 1 aromatic rings. The van der Waals surface area contributed by atoms with Crippen molar-refractivity contribution in [1.29, 1.82) is 0 Å². The van der Waals surface area contributed by atoms with Gasteiger partial charge in [0.25, 0.3) is 5.91 Å². The minimum Gasteiger partial charge on any atom is -0.481 e. The average molecular weight is 252 g/mol. The van der Waals surface area contributed by atoms with Crippen LogP contribution >= 0.6 is 0 Å². The van der Waals surface area contributed by atoms with Crippen LogP contribution in [0.3, 0.4) is 0 Å². The van der Waals surface area contributed by atoms with E-state index in [1.807, 2.05) is 6.92 Å². The van der Waals surface area contributed by atoms with Crippen molar-refractivity contribution in [2.75, 3.05) is 0 Å². The first-order chi connectivity index (χ1) is 8.54. The first kappa shape index (κ1) is 12.5. The molecule has 0 aromatic carbocycles. The largest absolute Gasteiger partial charge is 0.481 e. The van der Waals surface area contributed by atoms with Crippen molar-refractivity contribution in [3.05, 3.63) is 11.6 Å². The van der Waals surface area contributed by atoms with Gasteiger partial charge in [0, 0.05) is 6.42 Å². The van der Waals surface area contributed by atoms with E-state index in [2.05, 4.69) is 20.5 Å². The highest BCUT2D eigenvalue weighted by atomic mass is 16.4. The highest BCUT2D eigenvalue weighted by Crippen LogP contribution is 2.35. The molecule has 1 saturated carbocycles. The van der Waals surface area contributed by atoms with Crippen molar-refractivity contribution in [1.82, 2.24) is 20.5 Å². The summed E-state index contributed by atoms with van der Waals surface area (Å²) in [5.74, 6) is -0.601. The van der Waals surface area contributed by atoms with Crippen LogP contribution < -0.4 is 5.32 Å². The van der Waals surface area contributed by atoms with Crippen LogP contribution in [0.25, 0.3) is 0 Å². The Bertz CT molecular complexity index is 465. The molecule has 7 nitrogen and oxygen atoms in total. The lowest BCUT2D eigenvalue weighted by Gasteiger charge is -2.41. The molecule has 0 aliphatic heterocycles. The van der Waals surface area contributed by atoms with Gasteiger partial charge in [0.1, 0.15) is 5.82 Å². The number of aliphatic carboxylic acids is 1. The van der Waals surface area contributed by atoms with Crippen LogP contribution in [0.1, 0.15) is 49.1 Å². The summed E-state index contributed by atoms with van der Waals surface area (Å²) in [5.41, 5.74) is -0.615. The molecule has 0 spiro atoms. The number of aromatic amines is 1. The zero-order valence-electron chi connectivity index (χ0n) is 10.2. The van der Waals surface area contributed by atoms with Crippen LogP contribution in [0.2, 0.25) is 0 Å². The Hall–Kier alpha value is -1.92. The second-order valence-corrected chi connectivity index (χ2v) is 4.62. The van der Waals surface area contributed by atoms with E-state index in [0.29, 0.717) is 25.1 Å². The Morgan fingerprint density at radius 3 is 2.67 bits per heavy atom. The number of carbonyl (C=O) groups excluding carboxylic acids is 1. The third kappa shape index (κ3) is 2.49. The van der Waals surface area contributed by atoms with Gasteiger partial charge in [-0.1, -0.05) is 6.92 Å². The van der Waals surface area contributed by atoms with E-state index in [4.69, 9.17) is 5.11 Å². The number of amides is 1. The smallest absolute Gasteiger partial charge is 0.305 e. The van der Waals surface area contributed by atoms with Crippen molar-refractivity contribution >= 4 is 11.9 Å². The first-order valence-electron chi connectivity index (χ1n) is 6.00. The standard InChI is InChI=1S/C11H16N4O3/c1-2-7-12-9(15-14-7)10(18)13-11(4-3-5-11)6-8(16)17/h2-6H2,1H3,(H,13,18)(H,16,17)(H,12,14,15). The third-order valence-corrected chi connectivity index (χ3v) is 3.25. The predicted octanol–water partition coefficient (Wildman–Crippen LogP) is 0.494. The zero-order valence-corrected chi connectivity index (χ0v) is 10.2. The van der Waals surface area contributed by atoms with E-state index in [1.165, 1.54) is 0 Å². The van der Waals surface area contributed by atoms with Gasteiger partial charge >= 0.3 is 5.97 Å². The van der Waals surface area contributed by atoms with Crippen molar-refractivity contribution in [3.63, 3.8) is 0 Å². The zero-order chi connectivity index (χ0) is 13.2. The Morgan fingerprint density at radius 2 is 2.22 bits per heavy atom. The Kier molecular flexibility index (Phi) is 3.31. The Balaban J connectivity index is 2.03. The number of rotatable bonds is 5. The lowest BCUT2D eigenvalue weighted by molar-refractivity contribution is -0.139. The summed E-state index contributed by atoms with van der Waals surface area (Å²) < 4.78 is 0. The topological polar surface area (TPSA) is 108 Å². The van der Waals surface area contributed by atoms with E-state index >= 15 is 0 Å². The molecule has 0 unspecified atom stereocenters. The molecule has 1 amide bonds. The third-order valence-electron chi connectivity index (χ3n) is 3.25. The molecular formula is C11H16N4O3. The molecular weight excluding hydrogens is 236 g/mol. The number of nitrogens with one attached hydrogen (secondary N) is 2. The maximum Gasteiger partial charge on any atom is 0.305 e. The molecule has 0 radical (unpaired) electrons. The SMILES string of the molecule is CCc1nc(C(=O)NC2(CC(=O)O)CCC2)n[nH]1. The molecule has 1 aliphatic rings. The highest BCUT2D eigenvalue weighted by molar-refractivity contribution is 5.91. The lowest BCUT2D eigenvalue weighted by Crippen LogP contribution is -2.54. The number of carboxylic acid groups (broad SMARTS) is 1. The molecule has 0 bridgehead atoms. The van der Waals surface area contributed by atoms with Gasteiger partial charge in [0.2, 0.25) is 5.82 Å². The fraction of sp³-hybridized carbons (Fsp3) is 0.636. The minimum atomic E-state index is -0.903. The Morgan fingerprint density at radius 1 is 1.50 bits per heavy atom. The normalized spacial score (nSPS) is 16.9. The van der Waals surface area contributed by atoms with Gasteiger partial charge in [-0.3, -0.25) is 14.7 Å². The number of hydrogen-bond acceptors (Lipinski definition) is 4. The summed E-state index contributed by atoms with van der Waals surface area (Å²) in [4.78, 5) is 26.7. The molecule has 2 rings (SSSR count). The van der Waals surface area contributed by atoms with Crippen molar-refractivity contribution in [3.8, 4) is 0 Å². The van der Waals surface area contributed by atoms with Gasteiger partial charge in [0.05, 0.1) is 12.0 Å². The fourth-order valence-electron chi connectivity index (χ4n) is 2.09. The van der Waals surface area contributed by atoms with Gasteiger partial charge < -0.3 is 10.4 Å². The summed E-state index contributed by atoms with van der Waals surface area (Å²) in [5, 5.41) is 18.1. The predicted molar refractivity (Wildman–Crippen MR) is 62.1 cm³/mol. The van der Waals surface area contributed by atoms with E-state index in [1.54, 1.807) is 0 Å². The van der Waals surface area contributed by atoms with Gasteiger partial charge in [-0.25, -0.2) is 4.98 Å². The molecule has 98 valence electrons. The maximum atomic E-state index is 11.9.